The molecule has 1 saturated heterocycles. The van der Waals surface area contributed by atoms with E-state index in [0.29, 0.717) is 12.1 Å². The van der Waals surface area contributed by atoms with Crippen molar-refractivity contribution in [2.45, 2.75) is 59.5 Å². The fourth-order valence-corrected chi connectivity index (χ4v) is 5.49. The third-order valence-electron chi connectivity index (χ3n) is 7.64. The highest BCUT2D eigenvalue weighted by Crippen LogP contribution is 2.41. The Hall–Kier alpha value is -3.16. The average Bonchev–Trinajstić information content (AvgIpc) is 3.52. The van der Waals surface area contributed by atoms with Crippen LogP contribution in [0, 0.1) is 25.7 Å². The third-order valence-corrected chi connectivity index (χ3v) is 7.64. The highest BCUT2D eigenvalue weighted by molar-refractivity contribution is 5.94. The highest BCUT2D eigenvalue weighted by Gasteiger charge is 2.39. The topological polar surface area (TPSA) is 91.7 Å². The summed E-state index contributed by atoms with van der Waals surface area (Å²) >= 11 is 0. The van der Waals surface area contributed by atoms with Crippen LogP contribution in [0.1, 0.15) is 71.3 Å². The second kappa shape index (κ2) is 8.32. The summed E-state index contributed by atoms with van der Waals surface area (Å²) in [5.41, 5.74) is 6.02. The molecule has 2 unspecified atom stereocenters. The van der Waals surface area contributed by atoms with Crippen molar-refractivity contribution in [3.05, 3.63) is 58.3 Å². The van der Waals surface area contributed by atoms with Gasteiger partial charge in [-0.25, -0.2) is 4.98 Å². The molecule has 174 valence electrons. The summed E-state index contributed by atoms with van der Waals surface area (Å²) in [6.45, 7) is 6.98. The van der Waals surface area contributed by atoms with Gasteiger partial charge in [0.05, 0.1) is 30.0 Å². The van der Waals surface area contributed by atoms with Gasteiger partial charge in [0.1, 0.15) is 5.82 Å². The molecule has 3 aliphatic rings. The van der Waals surface area contributed by atoms with Gasteiger partial charge in [-0.05, 0) is 68.6 Å². The van der Waals surface area contributed by atoms with Crippen molar-refractivity contribution in [3.63, 3.8) is 0 Å². The second-order valence-corrected chi connectivity index (χ2v) is 9.62. The van der Waals surface area contributed by atoms with Gasteiger partial charge in [-0.2, -0.15) is 10.2 Å². The molecule has 2 aliphatic carbocycles. The predicted octanol–water partition coefficient (Wildman–Crippen LogP) is 3.57. The first-order valence-corrected chi connectivity index (χ1v) is 11.6. The zero-order valence-electron chi connectivity index (χ0n) is 18.6. The molecule has 0 bridgehead atoms. The lowest BCUT2D eigenvalue weighted by atomic mass is 9.77. The van der Waals surface area contributed by atoms with Crippen molar-refractivity contribution >= 4 is 11.7 Å². The second-order valence-electron chi connectivity index (χ2n) is 9.62. The van der Waals surface area contributed by atoms with Crippen molar-refractivity contribution in [3.8, 4) is 0 Å². The number of nitrogens with one attached hydrogen (secondary N) is 2. The lowest BCUT2D eigenvalue weighted by molar-refractivity contribution is 0.0936. The number of fused-ring (bicyclic) bond motifs is 2. The Balaban J connectivity index is 0.00000228. The standard InChI is InChI=1S/C24H29N7O.CH4/c1-14-16(5-8-22(26-14)30-10-17-3-4-18(17)11-30)12-31-13-19(9-25-31)24(32)27-21-7-6-20-15(2)28-29-23(20)21;/h5,8-9,13,17-18,21H,3-4,6-7,10-12H2,1-2H3,(H,27,32)(H,28,29);1H4/t17?,18?,21-;/m1./s1. The van der Waals surface area contributed by atoms with Gasteiger partial charge in [0.25, 0.3) is 5.91 Å². The molecule has 2 N–H and O–H groups in total. The van der Waals surface area contributed by atoms with E-state index in [4.69, 9.17) is 4.98 Å². The Morgan fingerprint density at radius 3 is 2.70 bits per heavy atom. The van der Waals surface area contributed by atoms with Gasteiger partial charge in [0.15, 0.2) is 0 Å². The average molecular weight is 448 g/mol. The summed E-state index contributed by atoms with van der Waals surface area (Å²) in [7, 11) is 0. The third kappa shape index (κ3) is 3.81. The Morgan fingerprint density at radius 1 is 1.18 bits per heavy atom. The van der Waals surface area contributed by atoms with E-state index in [2.05, 4.69) is 44.6 Å². The fraction of sp³-hybridized carbons (Fsp3) is 0.520. The number of anilines is 1. The predicted molar refractivity (Wildman–Crippen MR) is 127 cm³/mol. The van der Waals surface area contributed by atoms with Gasteiger partial charge in [0.2, 0.25) is 0 Å². The SMILES string of the molecule is C.Cc1nc(N2CC3CCC3C2)ccc1Cn1cc(C(=O)N[C@@H]2CCc3c2n[nH]c3C)cn1. The summed E-state index contributed by atoms with van der Waals surface area (Å²) in [5.74, 6) is 2.73. The molecule has 0 aromatic carbocycles. The Morgan fingerprint density at radius 2 is 1.97 bits per heavy atom. The van der Waals surface area contributed by atoms with Crippen molar-refractivity contribution < 1.29 is 4.79 Å². The highest BCUT2D eigenvalue weighted by atomic mass is 16.1. The molecule has 8 heteroatoms. The number of hydrogen-bond acceptors (Lipinski definition) is 5. The molecule has 3 aromatic heterocycles. The Bertz CT molecular complexity index is 1170. The van der Waals surface area contributed by atoms with E-state index in [9.17, 15) is 4.79 Å². The minimum atomic E-state index is -0.108. The van der Waals surface area contributed by atoms with E-state index < -0.39 is 0 Å². The molecule has 0 spiro atoms. The molecule has 3 aromatic rings. The number of rotatable bonds is 5. The van der Waals surface area contributed by atoms with Crippen LogP contribution in [0.3, 0.4) is 0 Å². The van der Waals surface area contributed by atoms with Crippen LogP contribution in [0.2, 0.25) is 0 Å². The van der Waals surface area contributed by atoms with E-state index >= 15 is 0 Å². The quantitative estimate of drug-likeness (QED) is 0.624. The number of aromatic nitrogens is 5. The smallest absolute Gasteiger partial charge is 0.255 e. The summed E-state index contributed by atoms with van der Waals surface area (Å²) in [6, 6.07) is 4.25. The van der Waals surface area contributed by atoms with Crippen LogP contribution in [0.25, 0.3) is 0 Å². The molecule has 1 aliphatic heterocycles. The van der Waals surface area contributed by atoms with Gasteiger partial charge < -0.3 is 10.2 Å². The molecule has 4 heterocycles. The monoisotopic (exact) mass is 447 g/mol. The molecule has 33 heavy (non-hydrogen) atoms. The zero-order chi connectivity index (χ0) is 21.8. The van der Waals surface area contributed by atoms with Crippen LogP contribution in [0.15, 0.2) is 24.5 Å². The van der Waals surface area contributed by atoms with E-state index in [1.807, 2.05) is 17.8 Å². The van der Waals surface area contributed by atoms with E-state index in [-0.39, 0.29) is 19.4 Å². The molecule has 2 fully saturated rings. The number of aryl methyl sites for hydroxylation is 2. The fourth-order valence-electron chi connectivity index (χ4n) is 5.49. The van der Waals surface area contributed by atoms with Gasteiger partial charge >= 0.3 is 0 Å². The van der Waals surface area contributed by atoms with E-state index in [1.54, 1.807) is 6.20 Å². The van der Waals surface area contributed by atoms with Gasteiger partial charge in [-0.3, -0.25) is 14.6 Å². The number of aromatic amines is 1. The number of hydrogen-bond donors (Lipinski definition) is 2. The largest absolute Gasteiger partial charge is 0.356 e. The van der Waals surface area contributed by atoms with Crippen molar-refractivity contribution in [1.82, 2.24) is 30.3 Å². The lowest BCUT2D eigenvalue weighted by Gasteiger charge is -2.27. The molecular weight excluding hydrogens is 414 g/mol. The van der Waals surface area contributed by atoms with Crippen molar-refractivity contribution in [2.24, 2.45) is 11.8 Å². The van der Waals surface area contributed by atoms with Crippen LogP contribution in [-0.4, -0.2) is 44.0 Å². The summed E-state index contributed by atoms with van der Waals surface area (Å²) in [6.07, 6.45) is 8.03. The Labute approximate surface area is 194 Å². The molecule has 3 atom stereocenters. The lowest BCUT2D eigenvalue weighted by Crippen LogP contribution is -2.27. The van der Waals surface area contributed by atoms with Crippen LogP contribution in [0.4, 0.5) is 5.82 Å². The number of pyridine rings is 1. The molecule has 1 saturated carbocycles. The van der Waals surface area contributed by atoms with Crippen LogP contribution < -0.4 is 10.2 Å². The minimum Gasteiger partial charge on any atom is -0.356 e. The van der Waals surface area contributed by atoms with Crippen LogP contribution >= 0.6 is 0 Å². The first kappa shape index (κ1) is 21.7. The molecule has 6 rings (SSSR count). The maximum atomic E-state index is 12.8. The van der Waals surface area contributed by atoms with E-state index in [0.717, 1.165) is 66.2 Å². The zero-order valence-corrected chi connectivity index (χ0v) is 18.6. The number of amides is 1. The summed E-state index contributed by atoms with van der Waals surface area (Å²) < 4.78 is 1.81. The van der Waals surface area contributed by atoms with Crippen LogP contribution in [-0.2, 0) is 13.0 Å². The Kier molecular flexibility index (Phi) is 5.46. The van der Waals surface area contributed by atoms with Gasteiger partial charge in [0, 0.05) is 30.7 Å². The van der Waals surface area contributed by atoms with Gasteiger partial charge in [-0.15, -0.1) is 0 Å². The molecule has 0 radical (unpaired) electrons. The van der Waals surface area contributed by atoms with Crippen LogP contribution in [0.5, 0.6) is 0 Å². The molecule has 8 nitrogen and oxygen atoms in total. The maximum absolute atomic E-state index is 12.8. The number of H-pyrrole nitrogens is 1. The van der Waals surface area contributed by atoms with E-state index in [1.165, 1.54) is 18.4 Å². The van der Waals surface area contributed by atoms with Crippen molar-refractivity contribution in [1.29, 1.82) is 0 Å². The first-order chi connectivity index (χ1) is 15.5. The molecule has 1 amide bonds. The maximum Gasteiger partial charge on any atom is 0.255 e. The molecular formula is C25H33N7O. The summed E-state index contributed by atoms with van der Waals surface area (Å²) in [4.78, 5) is 20.1. The number of nitrogens with zero attached hydrogens (tertiary/aromatic N) is 5. The minimum absolute atomic E-state index is 0. The first-order valence-electron chi connectivity index (χ1n) is 11.6. The summed E-state index contributed by atoms with van der Waals surface area (Å²) in [5, 5.41) is 14.9. The van der Waals surface area contributed by atoms with Gasteiger partial charge in [-0.1, -0.05) is 13.5 Å². The normalized spacial score (nSPS) is 23.0. The number of carbonyl (C=O) groups excluding carboxylic acids is 1. The van der Waals surface area contributed by atoms with Crippen molar-refractivity contribution in [2.75, 3.05) is 18.0 Å². The number of carbonyl (C=O) groups is 1.